The zero-order valence-corrected chi connectivity index (χ0v) is 14.3. The third-order valence-corrected chi connectivity index (χ3v) is 3.83. The molecule has 9 nitrogen and oxygen atoms in total. The fourth-order valence-corrected chi connectivity index (χ4v) is 2.42. The fraction of sp³-hybridized carbons (Fsp3) is 0.167. The first-order valence-corrected chi connectivity index (χ1v) is 8.15. The van der Waals surface area contributed by atoms with E-state index >= 15 is 0 Å². The van der Waals surface area contributed by atoms with Crippen LogP contribution in [-0.4, -0.2) is 31.9 Å². The van der Waals surface area contributed by atoms with Crippen LogP contribution < -0.4 is 5.73 Å². The Hall–Kier alpha value is -3.59. The van der Waals surface area contributed by atoms with Crippen molar-refractivity contribution in [1.82, 2.24) is 15.0 Å². The molecule has 27 heavy (non-hydrogen) atoms. The zero-order chi connectivity index (χ0) is 19.2. The Balaban J connectivity index is 1.56. The Labute approximate surface area is 154 Å². The number of ether oxygens (including phenoxy) is 1. The van der Waals surface area contributed by atoms with Gasteiger partial charge in [-0.05, 0) is 24.1 Å². The summed E-state index contributed by atoms with van der Waals surface area (Å²) in [6.07, 6.45) is 1.96. The molecular weight excluding hydrogens is 350 g/mol. The van der Waals surface area contributed by atoms with Crippen molar-refractivity contribution in [3.8, 4) is 5.69 Å². The molecule has 2 N–H and O–H groups in total. The number of non-ortho nitro benzene ring substituents is 1. The molecule has 3 aromatic rings. The minimum atomic E-state index is -0.767. The number of nitrogens with two attached hydrogens (primary N) is 1. The van der Waals surface area contributed by atoms with Gasteiger partial charge in [-0.3, -0.25) is 14.9 Å². The van der Waals surface area contributed by atoms with Crippen molar-refractivity contribution in [2.24, 2.45) is 5.73 Å². The highest BCUT2D eigenvalue weighted by atomic mass is 16.6. The average molecular weight is 367 g/mol. The number of nitro benzene ring substituents is 1. The minimum absolute atomic E-state index is 0.0135. The van der Waals surface area contributed by atoms with Crippen LogP contribution in [0.15, 0.2) is 60.8 Å². The summed E-state index contributed by atoms with van der Waals surface area (Å²) in [4.78, 5) is 22.2. The van der Waals surface area contributed by atoms with Crippen molar-refractivity contribution in [2.75, 3.05) is 0 Å². The maximum atomic E-state index is 12.0. The highest BCUT2D eigenvalue weighted by Gasteiger charge is 2.16. The zero-order valence-electron chi connectivity index (χ0n) is 14.3. The average Bonchev–Trinajstić information content (AvgIpc) is 3.16. The lowest BCUT2D eigenvalue weighted by molar-refractivity contribution is -0.384. The van der Waals surface area contributed by atoms with Crippen LogP contribution in [-0.2, 0) is 22.6 Å². The SMILES string of the molecule is N[C@@H](Cc1ccccc1)C(=O)OCc1cn(-c2ccc([N+](=O)[O-])cc2)nn1. The number of hydrogen-bond acceptors (Lipinski definition) is 7. The predicted octanol–water partition coefficient (Wildman–Crippen LogP) is 1.79. The second-order valence-electron chi connectivity index (χ2n) is 5.83. The lowest BCUT2D eigenvalue weighted by Gasteiger charge is -2.10. The number of carbonyl (C=O) groups excluding carboxylic acids is 1. The van der Waals surface area contributed by atoms with Crippen LogP contribution in [0.25, 0.3) is 5.69 Å². The van der Waals surface area contributed by atoms with Crippen molar-refractivity contribution < 1.29 is 14.5 Å². The molecule has 3 rings (SSSR count). The van der Waals surface area contributed by atoms with Crippen LogP contribution >= 0.6 is 0 Å². The van der Waals surface area contributed by atoms with Gasteiger partial charge in [-0.1, -0.05) is 35.5 Å². The molecule has 0 bridgehead atoms. The Morgan fingerprint density at radius 3 is 2.56 bits per heavy atom. The quantitative estimate of drug-likeness (QED) is 0.383. The number of esters is 1. The van der Waals surface area contributed by atoms with Crippen LogP contribution in [0.2, 0.25) is 0 Å². The Bertz CT molecular complexity index is 924. The van der Waals surface area contributed by atoms with Gasteiger partial charge in [0, 0.05) is 12.1 Å². The molecule has 0 aliphatic carbocycles. The van der Waals surface area contributed by atoms with Crippen LogP contribution in [0.1, 0.15) is 11.3 Å². The summed E-state index contributed by atoms with van der Waals surface area (Å²) in [7, 11) is 0. The third-order valence-electron chi connectivity index (χ3n) is 3.83. The second kappa shape index (κ2) is 8.19. The van der Waals surface area contributed by atoms with E-state index in [0.29, 0.717) is 17.8 Å². The molecule has 0 saturated carbocycles. The number of hydrogen-bond donors (Lipinski definition) is 1. The standard InChI is InChI=1S/C18H17N5O4/c19-17(10-13-4-2-1-3-5-13)18(24)27-12-14-11-22(21-20-14)15-6-8-16(9-7-15)23(25)26/h1-9,11,17H,10,12,19H2/t17-/m0/s1. The Kier molecular flexibility index (Phi) is 5.53. The molecule has 0 fully saturated rings. The predicted molar refractivity (Wildman–Crippen MR) is 95.9 cm³/mol. The molecule has 1 atom stereocenters. The Morgan fingerprint density at radius 1 is 1.19 bits per heavy atom. The van der Waals surface area contributed by atoms with Crippen LogP contribution in [0.4, 0.5) is 5.69 Å². The summed E-state index contributed by atoms with van der Waals surface area (Å²) in [6.45, 7) is -0.0612. The molecule has 138 valence electrons. The summed E-state index contributed by atoms with van der Waals surface area (Å²) < 4.78 is 6.63. The molecule has 0 aliphatic heterocycles. The highest BCUT2D eigenvalue weighted by molar-refractivity contribution is 5.75. The molecule has 1 heterocycles. The number of aromatic nitrogens is 3. The monoisotopic (exact) mass is 367 g/mol. The molecule has 0 spiro atoms. The summed E-state index contributed by atoms with van der Waals surface area (Å²) >= 11 is 0. The molecule has 2 aromatic carbocycles. The van der Waals surface area contributed by atoms with Gasteiger partial charge in [0.05, 0.1) is 16.8 Å². The van der Waals surface area contributed by atoms with Gasteiger partial charge in [-0.25, -0.2) is 4.68 Å². The molecular formula is C18H17N5O4. The number of rotatable bonds is 7. The second-order valence-corrected chi connectivity index (χ2v) is 5.83. The van der Waals surface area contributed by atoms with Gasteiger partial charge in [-0.2, -0.15) is 0 Å². The first kappa shape index (κ1) is 18.2. The first-order chi connectivity index (χ1) is 13.0. The highest BCUT2D eigenvalue weighted by Crippen LogP contribution is 2.14. The van der Waals surface area contributed by atoms with Crippen LogP contribution in [0, 0.1) is 10.1 Å². The number of carbonyl (C=O) groups is 1. The van der Waals surface area contributed by atoms with E-state index in [1.165, 1.54) is 16.8 Å². The van der Waals surface area contributed by atoms with E-state index in [9.17, 15) is 14.9 Å². The first-order valence-electron chi connectivity index (χ1n) is 8.15. The van der Waals surface area contributed by atoms with E-state index in [2.05, 4.69) is 10.3 Å². The van der Waals surface area contributed by atoms with Crippen molar-refractivity contribution in [3.05, 3.63) is 82.2 Å². The number of nitrogens with zero attached hydrogens (tertiary/aromatic N) is 4. The minimum Gasteiger partial charge on any atom is -0.458 e. The largest absolute Gasteiger partial charge is 0.458 e. The van der Waals surface area contributed by atoms with Gasteiger partial charge >= 0.3 is 5.97 Å². The van der Waals surface area contributed by atoms with Crippen molar-refractivity contribution in [3.63, 3.8) is 0 Å². The van der Waals surface area contributed by atoms with Gasteiger partial charge in [0.25, 0.3) is 5.69 Å². The number of benzene rings is 2. The topological polar surface area (TPSA) is 126 Å². The van der Waals surface area contributed by atoms with Crippen LogP contribution in [0.5, 0.6) is 0 Å². The fourth-order valence-electron chi connectivity index (χ4n) is 2.42. The van der Waals surface area contributed by atoms with Crippen molar-refractivity contribution in [1.29, 1.82) is 0 Å². The molecule has 0 saturated heterocycles. The van der Waals surface area contributed by atoms with Gasteiger partial charge in [0.15, 0.2) is 0 Å². The molecule has 1 aromatic heterocycles. The van der Waals surface area contributed by atoms with E-state index < -0.39 is 16.9 Å². The van der Waals surface area contributed by atoms with Gasteiger partial charge in [0.1, 0.15) is 18.3 Å². The molecule has 0 unspecified atom stereocenters. The summed E-state index contributed by atoms with van der Waals surface area (Å²) in [5, 5.41) is 18.5. The molecule has 0 radical (unpaired) electrons. The van der Waals surface area contributed by atoms with E-state index in [1.54, 1.807) is 18.3 Å². The lowest BCUT2D eigenvalue weighted by Crippen LogP contribution is -2.34. The summed E-state index contributed by atoms with van der Waals surface area (Å²) in [5.41, 5.74) is 7.86. The molecule has 0 amide bonds. The van der Waals surface area contributed by atoms with E-state index in [4.69, 9.17) is 10.5 Å². The summed E-state index contributed by atoms with van der Waals surface area (Å²) in [6, 6.07) is 14.5. The molecule has 9 heteroatoms. The van der Waals surface area contributed by atoms with Crippen molar-refractivity contribution in [2.45, 2.75) is 19.1 Å². The molecule has 0 aliphatic rings. The Morgan fingerprint density at radius 2 is 1.89 bits per heavy atom. The number of nitro groups is 1. The van der Waals surface area contributed by atoms with E-state index in [1.807, 2.05) is 30.3 Å². The van der Waals surface area contributed by atoms with Gasteiger partial charge < -0.3 is 10.5 Å². The summed E-state index contributed by atoms with van der Waals surface area (Å²) in [5.74, 6) is -0.524. The van der Waals surface area contributed by atoms with Crippen LogP contribution in [0.3, 0.4) is 0 Å². The van der Waals surface area contributed by atoms with Gasteiger partial charge in [-0.15, -0.1) is 5.10 Å². The van der Waals surface area contributed by atoms with E-state index in [0.717, 1.165) is 5.56 Å². The van der Waals surface area contributed by atoms with Gasteiger partial charge in [0.2, 0.25) is 0 Å². The maximum absolute atomic E-state index is 12.0. The van der Waals surface area contributed by atoms with E-state index in [-0.39, 0.29) is 12.3 Å². The maximum Gasteiger partial charge on any atom is 0.323 e. The normalized spacial score (nSPS) is 11.7. The van der Waals surface area contributed by atoms with Crippen molar-refractivity contribution >= 4 is 11.7 Å². The third kappa shape index (κ3) is 4.73. The smallest absolute Gasteiger partial charge is 0.323 e. The lowest BCUT2D eigenvalue weighted by atomic mass is 10.1.